The van der Waals surface area contributed by atoms with Crippen molar-refractivity contribution in [1.29, 1.82) is 0 Å². The standard InChI is InChI=1S/C8H7FO4/c1-13-7-2-4(8(11)12)5(9)3-6(7)10/h2-3,10H,1H3,(H,11,12). The smallest absolute Gasteiger partial charge is 0.338 e. The molecule has 0 saturated heterocycles. The largest absolute Gasteiger partial charge is 0.504 e. The maximum absolute atomic E-state index is 12.8. The van der Waals surface area contributed by atoms with Gasteiger partial charge in [-0.15, -0.1) is 0 Å². The number of hydrogen-bond acceptors (Lipinski definition) is 3. The molecule has 1 rings (SSSR count). The monoisotopic (exact) mass is 186 g/mol. The van der Waals surface area contributed by atoms with Gasteiger partial charge in [0.05, 0.1) is 12.7 Å². The van der Waals surface area contributed by atoms with E-state index in [0.29, 0.717) is 6.07 Å². The van der Waals surface area contributed by atoms with Crippen molar-refractivity contribution < 1.29 is 24.1 Å². The highest BCUT2D eigenvalue weighted by molar-refractivity contribution is 5.88. The fourth-order valence-electron chi connectivity index (χ4n) is 0.870. The minimum absolute atomic E-state index is 0.0706. The fourth-order valence-corrected chi connectivity index (χ4v) is 0.870. The van der Waals surface area contributed by atoms with E-state index in [-0.39, 0.29) is 5.75 Å². The summed E-state index contributed by atoms with van der Waals surface area (Å²) in [4.78, 5) is 10.4. The summed E-state index contributed by atoms with van der Waals surface area (Å²) in [5.41, 5.74) is -0.533. The molecule has 4 nitrogen and oxygen atoms in total. The van der Waals surface area contributed by atoms with Gasteiger partial charge in [0.2, 0.25) is 0 Å². The molecule has 1 aromatic carbocycles. The van der Waals surface area contributed by atoms with Crippen LogP contribution in [0.3, 0.4) is 0 Å². The number of hydrogen-bond donors (Lipinski definition) is 2. The maximum atomic E-state index is 12.8. The van der Waals surface area contributed by atoms with Crippen LogP contribution in [0.25, 0.3) is 0 Å². The summed E-state index contributed by atoms with van der Waals surface area (Å²) in [7, 11) is 1.25. The van der Waals surface area contributed by atoms with Crippen LogP contribution in [0.5, 0.6) is 11.5 Å². The van der Waals surface area contributed by atoms with Gasteiger partial charge in [0, 0.05) is 12.1 Å². The average Bonchev–Trinajstić information content (AvgIpc) is 2.03. The minimum Gasteiger partial charge on any atom is -0.504 e. The Hall–Kier alpha value is -1.78. The first-order valence-electron chi connectivity index (χ1n) is 3.36. The number of carboxylic acids is 1. The molecule has 70 valence electrons. The molecule has 5 heteroatoms. The normalized spacial score (nSPS) is 9.69. The first-order valence-corrected chi connectivity index (χ1v) is 3.36. The third-order valence-corrected chi connectivity index (χ3v) is 1.50. The quantitative estimate of drug-likeness (QED) is 0.729. The van der Waals surface area contributed by atoms with Crippen LogP contribution in [0.1, 0.15) is 10.4 Å². The lowest BCUT2D eigenvalue weighted by Gasteiger charge is -2.04. The summed E-state index contributed by atoms with van der Waals surface area (Å²) in [6.07, 6.45) is 0. The molecule has 1 aromatic rings. The van der Waals surface area contributed by atoms with Crippen LogP contribution in [0, 0.1) is 5.82 Å². The third kappa shape index (κ3) is 1.69. The number of benzene rings is 1. The molecule has 0 radical (unpaired) electrons. The van der Waals surface area contributed by atoms with Crippen molar-refractivity contribution in [3.05, 3.63) is 23.5 Å². The molecule has 0 spiro atoms. The van der Waals surface area contributed by atoms with Crippen LogP contribution in [0.4, 0.5) is 4.39 Å². The number of phenolic OH excluding ortho intramolecular Hbond substituents is 1. The van der Waals surface area contributed by atoms with Crippen LogP contribution in [0.15, 0.2) is 12.1 Å². The van der Waals surface area contributed by atoms with Gasteiger partial charge in [-0.05, 0) is 0 Å². The number of rotatable bonds is 2. The van der Waals surface area contributed by atoms with Gasteiger partial charge >= 0.3 is 5.97 Å². The van der Waals surface area contributed by atoms with Crippen LogP contribution >= 0.6 is 0 Å². The first kappa shape index (κ1) is 9.31. The Labute approximate surface area is 73.2 Å². The average molecular weight is 186 g/mol. The molecule has 0 bridgehead atoms. The molecule has 0 saturated carbocycles. The summed E-state index contributed by atoms with van der Waals surface area (Å²) in [5.74, 6) is -2.90. The van der Waals surface area contributed by atoms with Crippen molar-refractivity contribution >= 4 is 5.97 Å². The molecule has 0 fully saturated rings. The predicted molar refractivity (Wildman–Crippen MR) is 41.6 cm³/mol. The van der Waals surface area contributed by atoms with Crippen molar-refractivity contribution in [3.63, 3.8) is 0 Å². The lowest BCUT2D eigenvalue weighted by Crippen LogP contribution is -2.01. The number of aromatic hydroxyl groups is 1. The van der Waals surface area contributed by atoms with Crippen molar-refractivity contribution in [2.45, 2.75) is 0 Å². The summed E-state index contributed by atoms with van der Waals surface area (Å²) in [5, 5.41) is 17.5. The van der Waals surface area contributed by atoms with Crippen molar-refractivity contribution in [3.8, 4) is 11.5 Å². The van der Waals surface area contributed by atoms with E-state index in [9.17, 15) is 9.18 Å². The van der Waals surface area contributed by atoms with Crippen LogP contribution in [-0.2, 0) is 0 Å². The highest BCUT2D eigenvalue weighted by Crippen LogP contribution is 2.28. The van der Waals surface area contributed by atoms with E-state index >= 15 is 0 Å². The zero-order valence-corrected chi connectivity index (χ0v) is 6.74. The Morgan fingerprint density at radius 3 is 2.62 bits per heavy atom. The SMILES string of the molecule is COc1cc(C(=O)O)c(F)cc1O. The highest BCUT2D eigenvalue weighted by atomic mass is 19.1. The number of aromatic carboxylic acids is 1. The molecule has 0 heterocycles. The van der Waals surface area contributed by atoms with E-state index in [0.717, 1.165) is 6.07 Å². The number of methoxy groups -OCH3 is 1. The Morgan fingerprint density at radius 2 is 2.15 bits per heavy atom. The van der Waals surface area contributed by atoms with E-state index in [1.807, 2.05) is 0 Å². The number of carbonyl (C=O) groups is 1. The first-order chi connectivity index (χ1) is 6.06. The van der Waals surface area contributed by atoms with Gasteiger partial charge in [0.25, 0.3) is 0 Å². The van der Waals surface area contributed by atoms with Crippen molar-refractivity contribution in [2.24, 2.45) is 0 Å². The Bertz CT molecular complexity index is 348. The molecule has 0 amide bonds. The summed E-state index contributed by atoms with van der Waals surface area (Å²) < 4.78 is 17.4. The third-order valence-electron chi connectivity index (χ3n) is 1.50. The summed E-state index contributed by atoms with van der Waals surface area (Å²) in [6.45, 7) is 0. The molecule has 13 heavy (non-hydrogen) atoms. The summed E-state index contributed by atoms with van der Waals surface area (Å²) >= 11 is 0. The number of phenols is 1. The fraction of sp³-hybridized carbons (Fsp3) is 0.125. The van der Waals surface area contributed by atoms with E-state index in [2.05, 4.69) is 4.74 Å². The highest BCUT2D eigenvalue weighted by Gasteiger charge is 2.14. The van der Waals surface area contributed by atoms with Crippen LogP contribution in [-0.4, -0.2) is 23.3 Å². The van der Waals surface area contributed by atoms with Gasteiger partial charge in [-0.1, -0.05) is 0 Å². The van der Waals surface area contributed by atoms with E-state index in [4.69, 9.17) is 10.2 Å². The number of halogens is 1. The molecule has 0 atom stereocenters. The summed E-state index contributed by atoms with van der Waals surface area (Å²) in [6, 6.07) is 1.62. The van der Waals surface area contributed by atoms with Gasteiger partial charge in [-0.2, -0.15) is 0 Å². The second-order valence-corrected chi connectivity index (χ2v) is 2.31. The molecular weight excluding hydrogens is 179 g/mol. The van der Waals surface area contributed by atoms with Crippen LogP contribution in [0.2, 0.25) is 0 Å². The van der Waals surface area contributed by atoms with Gasteiger partial charge < -0.3 is 14.9 Å². The molecule has 0 aliphatic carbocycles. The molecule has 0 aromatic heterocycles. The lowest BCUT2D eigenvalue weighted by molar-refractivity contribution is 0.0691. The topological polar surface area (TPSA) is 66.8 Å². The molecule has 2 N–H and O–H groups in total. The molecule has 0 aliphatic rings. The van der Waals surface area contributed by atoms with Gasteiger partial charge in [-0.3, -0.25) is 0 Å². The van der Waals surface area contributed by atoms with Crippen molar-refractivity contribution in [1.82, 2.24) is 0 Å². The minimum atomic E-state index is -1.41. The predicted octanol–water partition coefficient (Wildman–Crippen LogP) is 1.24. The number of ether oxygens (including phenoxy) is 1. The van der Waals surface area contributed by atoms with Gasteiger partial charge in [-0.25, -0.2) is 9.18 Å². The van der Waals surface area contributed by atoms with Crippen LogP contribution < -0.4 is 4.74 Å². The van der Waals surface area contributed by atoms with E-state index in [1.165, 1.54) is 7.11 Å². The van der Waals surface area contributed by atoms with E-state index < -0.39 is 23.1 Å². The Kier molecular flexibility index (Phi) is 2.36. The zero-order chi connectivity index (χ0) is 10.0. The van der Waals surface area contributed by atoms with Crippen molar-refractivity contribution in [2.75, 3.05) is 7.11 Å². The number of carboxylic acid groups (broad SMARTS) is 1. The zero-order valence-electron chi connectivity index (χ0n) is 6.74. The molecule has 0 unspecified atom stereocenters. The molecule has 0 aliphatic heterocycles. The van der Waals surface area contributed by atoms with E-state index in [1.54, 1.807) is 0 Å². The van der Waals surface area contributed by atoms with Gasteiger partial charge in [0.15, 0.2) is 11.5 Å². The lowest BCUT2D eigenvalue weighted by atomic mass is 10.2. The second-order valence-electron chi connectivity index (χ2n) is 2.31. The Morgan fingerprint density at radius 1 is 1.54 bits per heavy atom. The molecular formula is C8H7FO4. The van der Waals surface area contributed by atoms with Gasteiger partial charge in [0.1, 0.15) is 5.82 Å². The second kappa shape index (κ2) is 3.30. The Balaban J connectivity index is 3.30. The maximum Gasteiger partial charge on any atom is 0.338 e.